The Bertz CT molecular complexity index is 1130. The Morgan fingerprint density at radius 1 is 1.15 bits per heavy atom. The van der Waals surface area contributed by atoms with E-state index in [1.165, 1.54) is 23.9 Å². The van der Waals surface area contributed by atoms with Crippen molar-refractivity contribution in [3.8, 4) is 0 Å². The van der Waals surface area contributed by atoms with E-state index in [0.717, 1.165) is 31.6 Å². The predicted octanol–water partition coefficient (Wildman–Crippen LogP) is 4.06. The Kier molecular flexibility index (Phi) is 9.03. The second-order valence-corrected chi connectivity index (χ2v) is 9.16. The molecule has 3 aromatic rings. The number of hydrogen-bond donors (Lipinski definition) is 1. The molecule has 0 fully saturated rings. The molecule has 1 unspecified atom stereocenters. The van der Waals surface area contributed by atoms with E-state index in [9.17, 15) is 14.0 Å². The summed E-state index contributed by atoms with van der Waals surface area (Å²) < 4.78 is 14.8. The fraction of sp³-hybridized carbons (Fsp3) is 0.400. The van der Waals surface area contributed by atoms with Gasteiger partial charge in [-0.2, -0.15) is 0 Å². The summed E-state index contributed by atoms with van der Waals surface area (Å²) in [5, 5.41) is 3.55. The molecule has 33 heavy (non-hydrogen) atoms. The maximum Gasteiger partial charge on any atom is 0.262 e. The lowest BCUT2D eigenvalue weighted by Crippen LogP contribution is -2.32. The fourth-order valence-electron chi connectivity index (χ4n) is 3.57. The summed E-state index contributed by atoms with van der Waals surface area (Å²) in [6.07, 6.45) is 0.820. The summed E-state index contributed by atoms with van der Waals surface area (Å²) >= 11 is 1.28. The Balaban J connectivity index is 1.75. The van der Waals surface area contributed by atoms with E-state index in [0.29, 0.717) is 29.1 Å². The number of carbonyl (C=O) groups is 1. The van der Waals surface area contributed by atoms with E-state index < -0.39 is 5.25 Å². The zero-order chi connectivity index (χ0) is 23.8. The van der Waals surface area contributed by atoms with Gasteiger partial charge < -0.3 is 10.2 Å². The quantitative estimate of drug-likeness (QED) is 0.338. The molecule has 8 heteroatoms. The van der Waals surface area contributed by atoms with Gasteiger partial charge in [0.05, 0.1) is 16.2 Å². The average molecular weight is 471 g/mol. The van der Waals surface area contributed by atoms with E-state index >= 15 is 0 Å². The molecule has 3 rings (SSSR count). The van der Waals surface area contributed by atoms with E-state index in [-0.39, 0.29) is 17.3 Å². The molecule has 1 N–H and O–H groups in total. The molecular weight excluding hydrogens is 439 g/mol. The topological polar surface area (TPSA) is 67.2 Å². The molecule has 0 aliphatic heterocycles. The highest BCUT2D eigenvalue weighted by Crippen LogP contribution is 2.23. The van der Waals surface area contributed by atoms with E-state index in [1.54, 1.807) is 29.7 Å². The van der Waals surface area contributed by atoms with Crippen molar-refractivity contribution in [2.24, 2.45) is 0 Å². The van der Waals surface area contributed by atoms with Gasteiger partial charge in [-0.15, -0.1) is 0 Å². The zero-order valence-electron chi connectivity index (χ0n) is 19.4. The predicted molar refractivity (Wildman–Crippen MR) is 132 cm³/mol. The van der Waals surface area contributed by atoms with Crippen molar-refractivity contribution in [1.82, 2.24) is 19.8 Å². The van der Waals surface area contributed by atoms with Crippen LogP contribution in [0.15, 0.2) is 58.5 Å². The summed E-state index contributed by atoms with van der Waals surface area (Å²) in [6.45, 7) is 9.73. The van der Waals surface area contributed by atoms with Gasteiger partial charge in [0.2, 0.25) is 5.91 Å². The van der Waals surface area contributed by atoms with E-state index in [1.807, 2.05) is 18.2 Å². The number of halogens is 1. The zero-order valence-corrected chi connectivity index (χ0v) is 20.2. The molecule has 0 aliphatic carbocycles. The molecule has 0 radical (unpaired) electrons. The molecular formula is C25H31FN4O2S. The highest BCUT2D eigenvalue weighted by atomic mass is 32.2. The standard InChI is InChI=1S/C25H31FN4O2S/c1-4-29(5-2)15-8-16-30-24(32)21-9-6-7-10-22(21)28-25(30)33-18(3)23(31)27-17-19-11-13-20(26)14-12-19/h6-7,9-14,18H,4-5,8,15-17H2,1-3H3,(H,27,31). The average Bonchev–Trinajstić information content (AvgIpc) is 2.83. The molecule has 0 spiro atoms. The number of aromatic nitrogens is 2. The molecule has 1 amide bonds. The molecule has 176 valence electrons. The van der Waals surface area contributed by atoms with Crippen molar-refractivity contribution in [3.63, 3.8) is 0 Å². The van der Waals surface area contributed by atoms with E-state index in [4.69, 9.17) is 4.98 Å². The maximum atomic E-state index is 13.2. The first kappa shape index (κ1) is 24.9. The van der Waals surface area contributed by atoms with Crippen LogP contribution < -0.4 is 10.9 Å². The van der Waals surface area contributed by atoms with Crippen LogP contribution in [0.1, 0.15) is 32.8 Å². The molecule has 0 aliphatic rings. The van der Waals surface area contributed by atoms with Gasteiger partial charge in [-0.25, -0.2) is 9.37 Å². The minimum atomic E-state index is -0.451. The van der Waals surface area contributed by atoms with Crippen molar-refractivity contribution in [2.75, 3.05) is 19.6 Å². The SMILES string of the molecule is CCN(CC)CCCn1c(SC(C)C(=O)NCc2ccc(F)cc2)nc2ccccc2c1=O. The first-order valence-corrected chi connectivity index (χ1v) is 12.2. The largest absolute Gasteiger partial charge is 0.351 e. The minimum Gasteiger partial charge on any atom is -0.351 e. The van der Waals surface area contributed by atoms with Crippen molar-refractivity contribution < 1.29 is 9.18 Å². The van der Waals surface area contributed by atoms with Crippen LogP contribution in [-0.4, -0.2) is 45.2 Å². The summed E-state index contributed by atoms with van der Waals surface area (Å²) in [7, 11) is 0. The van der Waals surface area contributed by atoms with Gasteiger partial charge in [0.25, 0.3) is 5.56 Å². The lowest BCUT2D eigenvalue weighted by Gasteiger charge is -2.20. The molecule has 1 heterocycles. The number of hydrogen-bond acceptors (Lipinski definition) is 5. The van der Waals surface area contributed by atoms with Gasteiger partial charge in [-0.3, -0.25) is 14.2 Å². The number of para-hydroxylation sites is 1. The van der Waals surface area contributed by atoms with E-state index in [2.05, 4.69) is 24.1 Å². The van der Waals surface area contributed by atoms with Crippen LogP contribution in [0.5, 0.6) is 0 Å². The Morgan fingerprint density at radius 3 is 2.55 bits per heavy atom. The fourth-order valence-corrected chi connectivity index (χ4v) is 4.53. The van der Waals surface area contributed by atoms with Crippen LogP contribution >= 0.6 is 11.8 Å². The maximum absolute atomic E-state index is 13.2. The minimum absolute atomic E-state index is 0.0819. The van der Waals surface area contributed by atoms with Crippen LogP contribution in [0.3, 0.4) is 0 Å². The van der Waals surface area contributed by atoms with Crippen LogP contribution in [0.2, 0.25) is 0 Å². The number of benzene rings is 2. The lowest BCUT2D eigenvalue weighted by molar-refractivity contribution is -0.120. The molecule has 6 nitrogen and oxygen atoms in total. The number of fused-ring (bicyclic) bond motifs is 1. The monoisotopic (exact) mass is 470 g/mol. The molecule has 1 atom stereocenters. The van der Waals surface area contributed by atoms with Crippen LogP contribution in [0.4, 0.5) is 4.39 Å². The number of rotatable bonds is 11. The number of nitrogens with zero attached hydrogens (tertiary/aromatic N) is 3. The first-order valence-electron chi connectivity index (χ1n) is 11.3. The van der Waals surface area contributed by atoms with Crippen LogP contribution in [-0.2, 0) is 17.9 Å². The third kappa shape index (κ3) is 6.65. The molecule has 0 saturated heterocycles. The normalized spacial score (nSPS) is 12.3. The highest BCUT2D eigenvalue weighted by molar-refractivity contribution is 8.00. The van der Waals surface area contributed by atoms with Crippen molar-refractivity contribution in [1.29, 1.82) is 0 Å². The van der Waals surface area contributed by atoms with Gasteiger partial charge in [-0.1, -0.05) is 49.9 Å². The van der Waals surface area contributed by atoms with Crippen molar-refractivity contribution >= 4 is 28.6 Å². The van der Waals surface area contributed by atoms with Gasteiger partial charge in [0, 0.05) is 13.1 Å². The second kappa shape index (κ2) is 12.0. The lowest BCUT2D eigenvalue weighted by atomic mass is 10.2. The van der Waals surface area contributed by atoms with Crippen molar-refractivity contribution in [3.05, 3.63) is 70.3 Å². The summed E-state index contributed by atoms with van der Waals surface area (Å²) in [5.74, 6) is -0.475. The third-order valence-electron chi connectivity index (χ3n) is 5.61. The summed E-state index contributed by atoms with van der Waals surface area (Å²) in [4.78, 5) is 33.0. The number of carbonyl (C=O) groups excluding carboxylic acids is 1. The number of nitrogens with one attached hydrogen (secondary N) is 1. The van der Waals surface area contributed by atoms with Crippen LogP contribution in [0.25, 0.3) is 10.9 Å². The number of thioether (sulfide) groups is 1. The Labute approximate surface area is 198 Å². The Hall–Kier alpha value is -2.71. The third-order valence-corrected chi connectivity index (χ3v) is 6.70. The van der Waals surface area contributed by atoms with Crippen molar-refractivity contribution in [2.45, 2.75) is 50.7 Å². The summed E-state index contributed by atoms with van der Waals surface area (Å²) in [5.41, 5.74) is 1.37. The first-order chi connectivity index (χ1) is 15.9. The molecule has 0 bridgehead atoms. The van der Waals surface area contributed by atoms with Gasteiger partial charge >= 0.3 is 0 Å². The van der Waals surface area contributed by atoms with Gasteiger partial charge in [0.1, 0.15) is 5.82 Å². The summed E-state index contributed by atoms with van der Waals surface area (Å²) in [6, 6.07) is 13.3. The number of amides is 1. The second-order valence-electron chi connectivity index (χ2n) is 7.85. The highest BCUT2D eigenvalue weighted by Gasteiger charge is 2.19. The van der Waals surface area contributed by atoms with Gasteiger partial charge in [0.15, 0.2) is 5.16 Å². The molecule has 1 aromatic heterocycles. The van der Waals surface area contributed by atoms with Crippen LogP contribution in [0, 0.1) is 5.82 Å². The molecule has 0 saturated carbocycles. The van der Waals surface area contributed by atoms with Gasteiger partial charge in [-0.05, 0) is 62.8 Å². The molecule has 2 aromatic carbocycles. The smallest absolute Gasteiger partial charge is 0.262 e. The Morgan fingerprint density at radius 2 is 1.85 bits per heavy atom.